The van der Waals surface area contributed by atoms with Gasteiger partial charge in [0.15, 0.2) is 0 Å². The summed E-state index contributed by atoms with van der Waals surface area (Å²) in [6, 6.07) is 0. The molecule has 1 N–H and O–H groups in total. The van der Waals surface area contributed by atoms with E-state index in [-0.39, 0.29) is 0 Å². The zero-order valence-corrected chi connectivity index (χ0v) is 22.6. The minimum atomic E-state index is -1.44. The van der Waals surface area contributed by atoms with E-state index in [1.165, 1.54) is 135 Å². The van der Waals surface area contributed by atoms with Gasteiger partial charge in [0.05, 0.1) is 39.8 Å². The van der Waals surface area contributed by atoms with Crippen molar-refractivity contribution in [1.82, 2.24) is 0 Å². The molecular weight excluding hydrogens is 398 g/mol. The summed E-state index contributed by atoms with van der Waals surface area (Å²) in [5.41, 5.74) is 0. The van der Waals surface area contributed by atoms with E-state index in [9.17, 15) is 9.90 Å². The maximum Gasteiger partial charge on any atom is 0.0905 e. The number of carbonyl (C=O) groups excluding carboxylic acids is 1. The highest BCUT2D eigenvalue weighted by atomic mass is 16.4. The monoisotopic (exact) mass is 457 g/mol. The van der Waals surface area contributed by atoms with Crippen LogP contribution < -0.4 is 5.11 Å². The molecule has 0 saturated heterocycles. The molecule has 0 aliphatic heterocycles. The Bertz CT molecular complexity index is 377. The number of aliphatic hydroxyl groups excluding tert-OH is 1. The number of aliphatic hydroxyl groups is 1. The quantitative estimate of drug-likeness (QED) is 0.147. The number of carbonyl (C=O) groups is 1. The first-order valence-corrected chi connectivity index (χ1v) is 13.9. The van der Waals surface area contributed by atoms with Crippen LogP contribution in [0.25, 0.3) is 0 Å². The van der Waals surface area contributed by atoms with Crippen molar-refractivity contribution < 1.29 is 19.5 Å². The van der Waals surface area contributed by atoms with Gasteiger partial charge in [-0.25, -0.2) is 0 Å². The normalized spacial score (nSPS) is 12.3. The molecule has 0 spiro atoms. The highest BCUT2D eigenvalue weighted by Gasteiger charge is 2.05. The van der Waals surface area contributed by atoms with E-state index in [4.69, 9.17) is 5.11 Å². The smallest absolute Gasteiger partial charge is 0.0905 e. The molecule has 0 aromatic carbocycles. The van der Waals surface area contributed by atoms with Gasteiger partial charge in [0.2, 0.25) is 0 Å². The first-order valence-electron chi connectivity index (χ1n) is 13.9. The second-order valence-electron chi connectivity index (χ2n) is 10.7. The molecule has 0 radical (unpaired) electrons. The van der Waals surface area contributed by atoms with Crippen LogP contribution in [0.5, 0.6) is 0 Å². The van der Waals surface area contributed by atoms with Crippen LogP contribution in [0.2, 0.25) is 0 Å². The second-order valence-corrected chi connectivity index (χ2v) is 10.7. The van der Waals surface area contributed by atoms with Crippen molar-refractivity contribution in [3.63, 3.8) is 0 Å². The van der Waals surface area contributed by atoms with Crippen LogP contribution in [0.15, 0.2) is 0 Å². The molecule has 32 heavy (non-hydrogen) atoms. The van der Waals surface area contributed by atoms with E-state index >= 15 is 0 Å². The van der Waals surface area contributed by atoms with Crippen molar-refractivity contribution >= 4 is 5.97 Å². The fraction of sp³-hybridized carbons (Fsp3) is 0.964. The fourth-order valence-electron chi connectivity index (χ4n) is 3.84. The van der Waals surface area contributed by atoms with E-state index in [1.54, 1.807) is 0 Å². The van der Waals surface area contributed by atoms with Crippen LogP contribution in [0.4, 0.5) is 0 Å². The first-order chi connectivity index (χ1) is 15.2. The second kappa shape index (κ2) is 25.0. The Balaban J connectivity index is 0. The number of nitrogens with zero attached hydrogens (tertiary/aromatic N) is 1. The summed E-state index contributed by atoms with van der Waals surface area (Å²) in [5.74, 6) is -1.44. The molecule has 194 valence electrons. The molecule has 4 nitrogen and oxygen atoms in total. The molecule has 0 aromatic heterocycles. The molecule has 0 aromatic rings. The Hall–Kier alpha value is -0.610. The molecule has 0 aliphatic carbocycles. The number of carboxylic acids is 1. The molecule has 1 unspecified atom stereocenters. The summed E-state index contributed by atoms with van der Waals surface area (Å²) in [6.07, 6.45) is 28.0. The fourth-order valence-corrected chi connectivity index (χ4v) is 3.84. The Labute approximate surface area is 201 Å². The van der Waals surface area contributed by atoms with Gasteiger partial charge in [-0.15, -0.1) is 0 Å². The number of hydrogen-bond donors (Lipinski definition) is 1. The van der Waals surface area contributed by atoms with Crippen LogP contribution in [-0.2, 0) is 4.79 Å². The van der Waals surface area contributed by atoms with E-state index in [0.29, 0.717) is 0 Å². The largest absolute Gasteiger partial charge is 0.547 e. The van der Waals surface area contributed by atoms with Gasteiger partial charge in [0.25, 0.3) is 0 Å². The van der Waals surface area contributed by atoms with Crippen molar-refractivity contribution in [2.75, 3.05) is 27.7 Å². The molecule has 0 aliphatic rings. The zero-order chi connectivity index (χ0) is 24.5. The lowest BCUT2D eigenvalue weighted by molar-refractivity contribution is -0.870. The predicted molar refractivity (Wildman–Crippen MR) is 138 cm³/mol. The maximum atomic E-state index is 9.34. The van der Waals surface area contributed by atoms with Gasteiger partial charge in [-0.1, -0.05) is 122 Å². The number of rotatable bonds is 22. The van der Waals surface area contributed by atoms with Gasteiger partial charge >= 0.3 is 0 Å². The van der Waals surface area contributed by atoms with Gasteiger partial charge in [-0.2, -0.15) is 0 Å². The van der Waals surface area contributed by atoms with Crippen molar-refractivity contribution in [1.29, 1.82) is 0 Å². The molecule has 0 rings (SSSR count). The number of unbranched alkanes of at least 4 members (excludes halogenated alkanes) is 19. The van der Waals surface area contributed by atoms with Crippen molar-refractivity contribution in [3.05, 3.63) is 0 Å². The van der Waals surface area contributed by atoms with E-state index < -0.39 is 12.1 Å². The van der Waals surface area contributed by atoms with Crippen LogP contribution in [0.1, 0.15) is 142 Å². The molecule has 4 heteroatoms. The Morgan fingerprint density at radius 1 is 0.625 bits per heavy atom. The number of aliphatic carboxylic acids is 1. The molecule has 1 atom stereocenters. The van der Waals surface area contributed by atoms with Gasteiger partial charge < -0.3 is 19.5 Å². The highest BCUT2D eigenvalue weighted by Crippen LogP contribution is 2.15. The standard InChI is InChI=1S/C25H54N.C3H6O3/c1-5-6-7-8-9-10-11-12-13-14-15-16-17-18-19-20-21-22-23-24-25-26(2,3)4;1-2(4)3(5)6/h5-25H2,1-4H3;2,4H,1H3,(H,5,6)/q+1;/p-1. The number of quaternary nitrogens is 1. The van der Waals surface area contributed by atoms with Crippen LogP contribution >= 0.6 is 0 Å². The third-order valence-corrected chi connectivity index (χ3v) is 6.02. The molecule has 0 saturated carbocycles. The number of hydrogen-bond acceptors (Lipinski definition) is 3. The number of carboxylic acid groups (broad SMARTS) is 1. The summed E-state index contributed by atoms with van der Waals surface area (Å²) in [7, 11) is 6.90. The lowest BCUT2D eigenvalue weighted by atomic mass is 10.0. The van der Waals surface area contributed by atoms with E-state index in [0.717, 1.165) is 11.4 Å². The highest BCUT2D eigenvalue weighted by molar-refractivity contribution is 5.68. The predicted octanol–water partition coefficient (Wildman–Crippen LogP) is 6.63. The summed E-state index contributed by atoms with van der Waals surface area (Å²) >= 11 is 0. The Kier molecular flexibility index (Phi) is 26.2. The average Bonchev–Trinajstić information content (AvgIpc) is 2.72. The summed E-state index contributed by atoms with van der Waals surface area (Å²) in [5, 5.41) is 17.3. The third-order valence-electron chi connectivity index (χ3n) is 6.02. The molecular formula is C28H59NO3. The minimum absolute atomic E-state index is 1.12. The van der Waals surface area contributed by atoms with Crippen LogP contribution in [0.3, 0.4) is 0 Å². The first kappa shape index (κ1) is 33.6. The Morgan fingerprint density at radius 2 is 0.844 bits per heavy atom. The molecule has 0 amide bonds. The van der Waals surface area contributed by atoms with Crippen molar-refractivity contribution in [2.45, 2.75) is 148 Å². The van der Waals surface area contributed by atoms with Gasteiger partial charge in [0.1, 0.15) is 0 Å². The maximum absolute atomic E-state index is 9.34. The third kappa shape index (κ3) is 34.0. The van der Waals surface area contributed by atoms with E-state index in [1.807, 2.05) is 0 Å². The lowest BCUT2D eigenvalue weighted by Gasteiger charge is -2.23. The van der Waals surface area contributed by atoms with Crippen molar-refractivity contribution in [3.8, 4) is 0 Å². The lowest BCUT2D eigenvalue weighted by Crippen LogP contribution is -2.35. The minimum Gasteiger partial charge on any atom is -0.547 e. The topological polar surface area (TPSA) is 60.4 Å². The summed E-state index contributed by atoms with van der Waals surface area (Å²) in [6.45, 7) is 4.77. The van der Waals surface area contributed by atoms with Crippen LogP contribution in [-0.4, -0.2) is 49.4 Å². The molecule has 0 bridgehead atoms. The summed E-state index contributed by atoms with van der Waals surface area (Å²) in [4.78, 5) is 9.34. The van der Waals surface area contributed by atoms with Gasteiger partial charge in [-0.05, 0) is 19.8 Å². The van der Waals surface area contributed by atoms with E-state index in [2.05, 4.69) is 28.1 Å². The van der Waals surface area contributed by atoms with Gasteiger partial charge in [0, 0.05) is 0 Å². The average molecular weight is 458 g/mol. The van der Waals surface area contributed by atoms with Gasteiger partial charge in [-0.3, -0.25) is 0 Å². The molecule has 0 heterocycles. The Morgan fingerprint density at radius 3 is 1.03 bits per heavy atom. The molecule has 0 fully saturated rings. The summed E-state index contributed by atoms with van der Waals surface area (Å²) < 4.78 is 1.12. The van der Waals surface area contributed by atoms with Crippen molar-refractivity contribution in [2.24, 2.45) is 0 Å². The zero-order valence-electron chi connectivity index (χ0n) is 22.6. The van der Waals surface area contributed by atoms with Crippen LogP contribution in [0, 0.1) is 0 Å². The SMILES string of the molecule is CC(O)C(=O)[O-].CCCCCCCCCCCCCCCCCCCCCC[N+](C)(C)C.